The van der Waals surface area contributed by atoms with E-state index in [0.717, 1.165) is 99.0 Å². The summed E-state index contributed by atoms with van der Waals surface area (Å²) in [6, 6.07) is 18.3. The van der Waals surface area contributed by atoms with Crippen LogP contribution in [0.2, 0.25) is 0 Å². The highest BCUT2D eigenvalue weighted by Crippen LogP contribution is 2.42. The molecular weight excluding hydrogens is 597 g/mol. The van der Waals surface area contributed by atoms with Gasteiger partial charge in [0.1, 0.15) is 11.6 Å². The number of carbonyl (C=O) groups is 2. The van der Waals surface area contributed by atoms with Crippen LogP contribution in [0.5, 0.6) is 0 Å². The molecule has 0 bridgehead atoms. The van der Waals surface area contributed by atoms with Crippen LogP contribution in [-0.2, 0) is 22.4 Å². The average Bonchev–Trinajstić information content (AvgIpc) is 3.12. The Labute approximate surface area is 300 Å². The standard InChI is InChI=1S/C47H68O2/c1-32-5-13-36(14-6-32)29-38-17-25-40(26-18-38)44(46(48)42-21-9-34(3)10-22-42)31-45(47(49)43-23-11-35(4)12-24-43)41-27-19-39(20-28-41)30-37-15-7-33(2)8-16-37/h17-20,25-28,32-37,42-45H,5-16,21-24,29-31H2,1-4H3. The molecule has 0 aromatic heterocycles. The lowest BCUT2D eigenvalue weighted by Crippen LogP contribution is -2.31. The highest BCUT2D eigenvalue weighted by Gasteiger charge is 2.37. The van der Waals surface area contributed by atoms with Crippen LogP contribution in [0.15, 0.2) is 48.5 Å². The van der Waals surface area contributed by atoms with Crippen LogP contribution in [-0.4, -0.2) is 11.6 Å². The second-order valence-corrected chi connectivity index (χ2v) is 18.2. The average molecular weight is 665 g/mol. The first kappa shape index (κ1) is 36.6. The molecule has 2 aromatic carbocycles. The molecule has 0 saturated heterocycles. The van der Waals surface area contributed by atoms with Crippen LogP contribution in [0.1, 0.15) is 171 Å². The Morgan fingerprint density at radius 1 is 0.449 bits per heavy atom. The molecule has 4 aliphatic carbocycles. The molecule has 2 heteroatoms. The van der Waals surface area contributed by atoms with Gasteiger partial charge in [-0.25, -0.2) is 0 Å². The maximum atomic E-state index is 14.6. The van der Waals surface area contributed by atoms with E-state index in [0.29, 0.717) is 29.8 Å². The molecule has 0 heterocycles. The topological polar surface area (TPSA) is 34.1 Å². The van der Waals surface area contributed by atoms with E-state index >= 15 is 0 Å². The van der Waals surface area contributed by atoms with E-state index in [1.807, 2.05) is 0 Å². The van der Waals surface area contributed by atoms with Crippen molar-refractivity contribution in [2.24, 2.45) is 47.3 Å². The Kier molecular flexibility index (Phi) is 12.9. The fourth-order valence-corrected chi connectivity index (χ4v) is 10.2. The summed E-state index contributed by atoms with van der Waals surface area (Å²) in [6.45, 7) is 9.46. The third-order valence-corrected chi connectivity index (χ3v) is 14.1. The summed E-state index contributed by atoms with van der Waals surface area (Å²) < 4.78 is 0. The van der Waals surface area contributed by atoms with Gasteiger partial charge >= 0.3 is 0 Å². The Morgan fingerprint density at radius 3 is 1.04 bits per heavy atom. The molecular formula is C47H68O2. The SMILES string of the molecule is CC1CCC(Cc2ccc(C(CC(C(=O)C3CCC(C)CC3)c3ccc(CC4CCC(C)CC4)cc3)C(=O)C3CCC(C)CC3)cc2)CC1. The number of rotatable bonds is 12. The fraction of sp³-hybridized carbons (Fsp3) is 0.702. The molecule has 0 N–H and O–H groups in total. The Bertz CT molecular complexity index is 1200. The van der Waals surface area contributed by atoms with Crippen molar-refractivity contribution in [3.05, 3.63) is 70.8 Å². The van der Waals surface area contributed by atoms with Crippen LogP contribution in [0.25, 0.3) is 0 Å². The summed E-state index contributed by atoms with van der Waals surface area (Å²) in [5.74, 6) is 5.35. The van der Waals surface area contributed by atoms with E-state index in [-0.39, 0.29) is 23.7 Å². The van der Waals surface area contributed by atoms with Crippen molar-refractivity contribution >= 4 is 11.6 Å². The summed E-state index contributed by atoms with van der Waals surface area (Å²) in [7, 11) is 0. The van der Waals surface area contributed by atoms with Crippen LogP contribution < -0.4 is 0 Å². The van der Waals surface area contributed by atoms with E-state index in [9.17, 15) is 9.59 Å². The van der Waals surface area contributed by atoms with Crippen molar-refractivity contribution < 1.29 is 9.59 Å². The predicted molar refractivity (Wildman–Crippen MR) is 205 cm³/mol. The second-order valence-electron chi connectivity index (χ2n) is 18.2. The first-order chi connectivity index (χ1) is 23.7. The molecule has 2 unspecified atom stereocenters. The van der Waals surface area contributed by atoms with Gasteiger partial charge in [0.25, 0.3) is 0 Å². The van der Waals surface area contributed by atoms with E-state index < -0.39 is 0 Å². The maximum Gasteiger partial charge on any atom is 0.143 e. The molecule has 2 atom stereocenters. The van der Waals surface area contributed by atoms with Crippen LogP contribution >= 0.6 is 0 Å². The van der Waals surface area contributed by atoms with Gasteiger partial charge in [-0.05, 0) is 128 Å². The molecule has 4 fully saturated rings. The van der Waals surface area contributed by atoms with E-state index in [1.165, 1.54) is 62.5 Å². The molecule has 4 saturated carbocycles. The molecule has 6 rings (SSSR count). The molecule has 0 spiro atoms. The van der Waals surface area contributed by atoms with Gasteiger partial charge in [-0.3, -0.25) is 9.59 Å². The molecule has 0 radical (unpaired) electrons. The van der Waals surface area contributed by atoms with Crippen molar-refractivity contribution in [2.45, 2.75) is 162 Å². The first-order valence-electron chi connectivity index (χ1n) is 21.0. The lowest BCUT2D eigenvalue weighted by Gasteiger charge is -2.32. The van der Waals surface area contributed by atoms with Crippen LogP contribution in [0, 0.1) is 47.3 Å². The van der Waals surface area contributed by atoms with Gasteiger partial charge in [-0.1, -0.05) is 128 Å². The minimum Gasteiger partial charge on any atom is -0.299 e. The van der Waals surface area contributed by atoms with E-state index in [2.05, 4.69) is 76.2 Å². The van der Waals surface area contributed by atoms with Gasteiger partial charge in [-0.2, -0.15) is 0 Å². The number of hydrogen-bond donors (Lipinski definition) is 0. The zero-order valence-corrected chi connectivity index (χ0v) is 31.6. The van der Waals surface area contributed by atoms with E-state index in [4.69, 9.17) is 0 Å². The Morgan fingerprint density at radius 2 is 0.735 bits per heavy atom. The molecule has 0 aliphatic heterocycles. The van der Waals surface area contributed by atoms with Gasteiger partial charge in [0.15, 0.2) is 0 Å². The zero-order valence-electron chi connectivity index (χ0n) is 31.6. The zero-order chi connectivity index (χ0) is 34.3. The maximum absolute atomic E-state index is 14.6. The minimum absolute atomic E-state index is 0.122. The normalized spacial score (nSPS) is 32.2. The summed E-state index contributed by atoms with van der Waals surface area (Å²) in [4.78, 5) is 29.3. The molecule has 0 amide bonds. The smallest absolute Gasteiger partial charge is 0.143 e. The fourth-order valence-electron chi connectivity index (χ4n) is 10.2. The molecule has 4 aliphatic rings. The van der Waals surface area contributed by atoms with Crippen molar-refractivity contribution in [3.8, 4) is 0 Å². The molecule has 268 valence electrons. The van der Waals surface area contributed by atoms with Gasteiger partial charge in [0.05, 0.1) is 0 Å². The summed E-state index contributed by atoms with van der Waals surface area (Å²) >= 11 is 0. The third kappa shape index (κ3) is 9.98. The molecule has 49 heavy (non-hydrogen) atoms. The van der Waals surface area contributed by atoms with Crippen molar-refractivity contribution in [1.29, 1.82) is 0 Å². The minimum atomic E-state index is -0.219. The number of carbonyl (C=O) groups excluding carboxylic acids is 2. The number of hydrogen-bond acceptors (Lipinski definition) is 2. The van der Waals surface area contributed by atoms with Crippen molar-refractivity contribution in [2.75, 3.05) is 0 Å². The van der Waals surface area contributed by atoms with Crippen LogP contribution in [0.3, 0.4) is 0 Å². The third-order valence-electron chi connectivity index (χ3n) is 14.1. The summed E-state index contributed by atoms with van der Waals surface area (Å²) in [5, 5.41) is 0. The van der Waals surface area contributed by atoms with Crippen LogP contribution in [0.4, 0.5) is 0 Å². The van der Waals surface area contributed by atoms with Gasteiger partial charge in [0.2, 0.25) is 0 Å². The molecule has 2 nitrogen and oxygen atoms in total. The number of benzene rings is 2. The Hall–Kier alpha value is -2.22. The summed E-state index contributed by atoms with van der Waals surface area (Å²) in [5.41, 5.74) is 5.10. The number of Topliss-reactive ketones (excluding diaryl/α,β-unsaturated/α-hetero) is 2. The largest absolute Gasteiger partial charge is 0.299 e. The van der Waals surface area contributed by atoms with Crippen molar-refractivity contribution in [3.63, 3.8) is 0 Å². The first-order valence-corrected chi connectivity index (χ1v) is 21.0. The quantitative estimate of drug-likeness (QED) is 0.226. The lowest BCUT2D eigenvalue weighted by atomic mass is 9.70. The predicted octanol–water partition coefficient (Wildman–Crippen LogP) is 12.5. The monoisotopic (exact) mass is 665 g/mol. The molecule has 2 aromatic rings. The summed E-state index contributed by atoms with van der Waals surface area (Å²) in [6.07, 6.45) is 22.3. The van der Waals surface area contributed by atoms with E-state index in [1.54, 1.807) is 0 Å². The van der Waals surface area contributed by atoms with Gasteiger partial charge in [-0.15, -0.1) is 0 Å². The number of ketones is 2. The highest BCUT2D eigenvalue weighted by molar-refractivity contribution is 5.92. The van der Waals surface area contributed by atoms with Gasteiger partial charge in [0, 0.05) is 23.7 Å². The second kappa shape index (κ2) is 17.3. The Balaban J connectivity index is 1.25. The van der Waals surface area contributed by atoms with Crippen molar-refractivity contribution in [1.82, 2.24) is 0 Å². The van der Waals surface area contributed by atoms with Gasteiger partial charge < -0.3 is 0 Å². The highest BCUT2D eigenvalue weighted by atomic mass is 16.1. The lowest BCUT2D eigenvalue weighted by molar-refractivity contribution is -0.127.